The number of esters is 1. The summed E-state index contributed by atoms with van der Waals surface area (Å²) in [6, 6.07) is 9.36. The summed E-state index contributed by atoms with van der Waals surface area (Å²) >= 11 is 0. The Kier molecular flexibility index (Phi) is 5.07. The molecule has 1 aromatic carbocycles. The number of hydrogen-bond donors (Lipinski definition) is 1. The van der Waals surface area contributed by atoms with Crippen molar-refractivity contribution < 1.29 is 14.3 Å². The van der Waals surface area contributed by atoms with Gasteiger partial charge in [0.2, 0.25) is 0 Å². The van der Waals surface area contributed by atoms with Gasteiger partial charge in [-0.15, -0.1) is 0 Å². The summed E-state index contributed by atoms with van der Waals surface area (Å²) in [4.78, 5) is 27.1. The summed E-state index contributed by atoms with van der Waals surface area (Å²) in [5.41, 5.74) is 1.88. The van der Waals surface area contributed by atoms with E-state index in [-0.39, 0.29) is 23.2 Å². The second-order valence-corrected chi connectivity index (χ2v) is 7.69. The summed E-state index contributed by atoms with van der Waals surface area (Å²) in [6.07, 6.45) is 3.29. The third-order valence-corrected chi connectivity index (χ3v) is 5.77. The number of ether oxygens (including phenoxy) is 1. The monoisotopic (exact) mass is 393 g/mol. The second-order valence-electron chi connectivity index (χ2n) is 7.69. The van der Waals surface area contributed by atoms with Crippen LogP contribution in [0.5, 0.6) is 0 Å². The maximum atomic E-state index is 13.0. The van der Waals surface area contributed by atoms with E-state index in [1.165, 1.54) is 0 Å². The van der Waals surface area contributed by atoms with Crippen LogP contribution in [0.2, 0.25) is 0 Å². The average molecular weight is 393 g/mol. The molecule has 0 bridgehead atoms. The number of rotatable bonds is 5. The standard InChI is InChI=1S/C21H23N5O3/c1-2-29-20(28)18-11-25(14-21(18)12-23-13-21)19(27)17-8-24-26(10-17)9-16-5-3-15(7-22)4-6-16/h3-6,8,10,18,23H,2,9,11-14H2,1H3. The molecule has 29 heavy (non-hydrogen) atoms. The molecule has 1 atom stereocenters. The molecular weight excluding hydrogens is 370 g/mol. The van der Waals surface area contributed by atoms with Crippen LogP contribution in [-0.4, -0.2) is 59.3 Å². The van der Waals surface area contributed by atoms with E-state index in [9.17, 15) is 9.59 Å². The fraction of sp³-hybridized carbons (Fsp3) is 0.429. The molecule has 1 aromatic heterocycles. The summed E-state index contributed by atoms with van der Waals surface area (Å²) in [5, 5.41) is 16.4. The number of likely N-dealkylation sites (tertiary alicyclic amines) is 1. The number of nitrogens with zero attached hydrogens (tertiary/aromatic N) is 4. The molecule has 0 saturated carbocycles. The lowest BCUT2D eigenvalue weighted by Gasteiger charge is -2.42. The molecule has 8 heteroatoms. The highest BCUT2D eigenvalue weighted by molar-refractivity contribution is 5.94. The van der Waals surface area contributed by atoms with Crippen molar-refractivity contribution in [3.05, 3.63) is 53.3 Å². The van der Waals surface area contributed by atoms with E-state index in [0.29, 0.717) is 37.4 Å². The van der Waals surface area contributed by atoms with Crippen LogP contribution in [0.15, 0.2) is 36.7 Å². The van der Waals surface area contributed by atoms with Crippen molar-refractivity contribution in [3.63, 3.8) is 0 Å². The summed E-state index contributed by atoms with van der Waals surface area (Å²) in [5.74, 6) is -0.628. The molecule has 150 valence electrons. The van der Waals surface area contributed by atoms with Gasteiger partial charge in [-0.3, -0.25) is 14.3 Å². The third kappa shape index (κ3) is 3.61. The van der Waals surface area contributed by atoms with Crippen LogP contribution in [-0.2, 0) is 16.1 Å². The number of benzene rings is 1. The zero-order chi connectivity index (χ0) is 20.4. The number of nitrogens with one attached hydrogen (secondary N) is 1. The summed E-state index contributed by atoms with van der Waals surface area (Å²) in [6.45, 7) is 5.01. The molecule has 3 heterocycles. The zero-order valence-corrected chi connectivity index (χ0v) is 16.3. The van der Waals surface area contributed by atoms with Gasteiger partial charge >= 0.3 is 5.97 Å². The maximum absolute atomic E-state index is 13.0. The fourth-order valence-electron chi connectivity index (χ4n) is 4.11. The first-order valence-electron chi connectivity index (χ1n) is 9.73. The Bertz CT molecular complexity index is 955. The van der Waals surface area contributed by atoms with E-state index in [0.717, 1.165) is 18.7 Å². The van der Waals surface area contributed by atoms with E-state index in [4.69, 9.17) is 10.00 Å². The molecule has 1 spiro atoms. The average Bonchev–Trinajstić information content (AvgIpc) is 3.33. The fourth-order valence-corrected chi connectivity index (χ4v) is 4.11. The number of carbonyl (C=O) groups excluding carboxylic acids is 2. The van der Waals surface area contributed by atoms with Crippen LogP contribution in [0.1, 0.15) is 28.4 Å². The Balaban J connectivity index is 1.45. The molecule has 1 unspecified atom stereocenters. The number of nitriles is 1. The van der Waals surface area contributed by atoms with E-state index < -0.39 is 0 Å². The summed E-state index contributed by atoms with van der Waals surface area (Å²) < 4.78 is 6.94. The van der Waals surface area contributed by atoms with Crippen LogP contribution < -0.4 is 5.32 Å². The highest BCUT2D eigenvalue weighted by Gasteiger charge is 2.55. The van der Waals surface area contributed by atoms with Crippen LogP contribution in [0.25, 0.3) is 0 Å². The van der Waals surface area contributed by atoms with Gasteiger partial charge in [0.15, 0.2) is 0 Å². The topological polar surface area (TPSA) is 100 Å². The first kappa shape index (κ1) is 19.2. The van der Waals surface area contributed by atoms with Crippen LogP contribution in [0.3, 0.4) is 0 Å². The van der Waals surface area contributed by atoms with Crippen molar-refractivity contribution in [2.24, 2.45) is 11.3 Å². The molecule has 0 radical (unpaired) electrons. The Hall–Kier alpha value is -3.18. The van der Waals surface area contributed by atoms with E-state index >= 15 is 0 Å². The molecule has 2 aromatic rings. The van der Waals surface area contributed by atoms with Crippen molar-refractivity contribution in [2.45, 2.75) is 13.5 Å². The number of aromatic nitrogens is 2. The molecule has 2 aliphatic heterocycles. The van der Waals surface area contributed by atoms with Gasteiger partial charge in [-0.2, -0.15) is 10.4 Å². The quantitative estimate of drug-likeness (QED) is 0.762. The predicted octanol–water partition coefficient (Wildman–Crippen LogP) is 1.03. The van der Waals surface area contributed by atoms with E-state index in [1.807, 2.05) is 12.1 Å². The van der Waals surface area contributed by atoms with Crippen molar-refractivity contribution >= 4 is 11.9 Å². The molecule has 2 fully saturated rings. The number of hydrogen-bond acceptors (Lipinski definition) is 6. The molecule has 4 rings (SSSR count). The van der Waals surface area contributed by atoms with Crippen molar-refractivity contribution in [1.82, 2.24) is 20.0 Å². The summed E-state index contributed by atoms with van der Waals surface area (Å²) in [7, 11) is 0. The minimum atomic E-state index is -0.290. The Morgan fingerprint density at radius 3 is 2.72 bits per heavy atom. The lowest BCUT2D eigenvalue weighted by molar-refractivity contribution is -0.152. The van der Waals surface area contributed by atoms with Gasteiger partial charge in [0.25, 0.3) is 5.91 Å². The highest BCUT2D eigenvalue weighted by Crippen LogP contribution is 2.40. The van der Waals surface area contributed by atoms with Crippen molar-refractivity contribution in [2.75, 3.05) is 32.8 Å². The Labute approximate surface area is 169 Å². The van der Waals surface area contributed by atoms with Crippen molar-refractivity contribution in [1.29, 1.82) is 5.26 Å². The minimum absolute atomic E-state index is 0.117. The van der Waals surface area contributed by atoms with Gasteiger partial charge in [-0.05, 0) is 24.6 Å². The predicted molar refractivity (Wildman–Crippen MR) is 104 cm³/mol. The van der Waals surface area contributed by atoms with Crippen LogP contribution >= 0.6 is 0 Å². The third-order valence-electron chi connectivity index (χ3n) is 5.77. The van der Waals surface area contributed by atoms with Gasteiger partial charge in [0, 0.05) is 37.8 Å². The molecule has 1 amide bonds. The number of carbonyl (C=O) groups is 2. The van der Waals surface area contributed by atoms with E-state index in [2.05, 4.69) is 16.5 Å². The van der Waals surface area contributed by atoms with Crippen LogP contribution in [0.4, 0.5) is 0 Å². The largest absolute Gasteiger partial charge is 0.466 e. The number of amides is 1. The normalized spacial score (nSPS) is 19.6. The zero-order valence-electron chi connectivity index (χ0n) is 16.3. The molecule has 1 N–H and O–H groups in total. The molecular formula is C21H23N5O3. The van der Waals surface area contributed by atoms with Gasteiger partial charge in [-0.1, -0.05) is 12.1 Å². The maximum Gasteiger partial charge on any atom is 0.311 e. The van der Waals surface area contributed by atoms with E-state index in [1.54, 1.807) is 41.0 Å². The second kappa shape index (κ2) is 7.68. The molecule has 0 aliphatic carbocycles. The van der Waals surface area contributed by atoms with Crippen molar-refractivity contribution in [3.8, 4) is 6.07 Å². The first-order chi connectivity index (χ1) is 14.0. The minimum Gasteiger partial charge on any atom is -0.466 e. The van der Waals surface area contributed by atoms with Gasteiger partial charge in [-0.25, -0.2) is 0 Å². The van der Waals surface area contributed by atoms with Crippen LogP contribution in [0, 0.1) is 22.7 Å². The Morgan fingerprint density at radius 1 is 1.34 bits per heavy atom. The van der Waals surface area contributed by atoms with Gasteiger partial charge in [0.1, 0.15) is 0 Å². The molecule has 2 saturated heterocycles. The molecule has 2 aliphatic rings. The van der Waals surface area contributed by atoms with Gasteiger partial charge < -0.3 is 15.0 Å². The molecule has 8 nitrogen and oxygen atoms in total. The highest BCUT2D eigenvalue weighted by atomic mass is 16.5. The lowest BCUT2D eigenvalue weighted by atomic mass is 9.73. The smallest absolute Gasteiger partial charge is 0.311 e. The Morgan fingerprint density at radius 2 is 2.10 bits per heavy atom. The first-order valence-corrected chi connectivity index (χ1v) is 9.73. The van der Waals surface area contributed by atoms with Gasteiger partial charge in [0.05, 0.1) is 42.5 Å². The SMILES string of the molecule is CCOC(=O)C1CN(C(=O)c2cnn(Cc3ccc(C#N)cc3)c2)CC12CNC2. The lowest BCUT2D eigenvalue weighted by Crippen LogP contribution is -2.59.